The van der Waals surface area contributed by atoms with Crippen molar-refractivity contribution in [3.63, 3.8) is 0 Å². The van der Waals surface area contributed by atoms with Gasteiger partial charge in [-0.3, -0.25) is 0 Å². The highest BCUT2D eigenvalue weighted by Gasteiger charge is 2.60. The van der Waals surface area contributed by atoms with E-state index < -0.39 is 19.9 Å². The molecular weight excluding hydrogens is 215 g/mol. The molecule has 2 nitrogen and oxygen atoms in total. The van der Waals surface area contributed by atoms with Crippen molar-refractivity contribution in [1.82, 2.24) is 0 Å². The Bertz CT molecular complexity index is 212. The number of halogens is 5. The van der Waals surface area contributed by atoms with Crippen molar-refractivity contribution < 1.29 is 30.4 Å². The van der Waals surface area contributed by atoms with Crippen molar-refractivity contribution in [3.8, 4) is 0 Å². The zero-order valence-electron chi connectivity index (χ0n) is 4.52. The minimum Gasteiger partial charge on any atom is -0.212 e. The maximum absolute atomic E-state index is 11.5. The molecule has 1 radical (unpaired) electrons. The van der Waals surface area contributed by atoms with Crippen molar-refractivity contribution in [2.75, 3.05) is 0 Å². The Morgan fingerprint density at radius 3 is 1.27 bits per heavy atom. The predicted molar refractivity (Wildman–Crippen MR) is 27.5 cm³/mol. The van der Waals surface area contributed by atoms with Crippen LogP contribution in [0.5, 0.6) is 0 Å². The van der Waals surface area contributed by atoms with Crippen LogP contribution < -0.4 is 0 Å². The van der Waals surface area contributed by atoms with E-state index in [1.54, 1.807) is 0 Å². The molecule has 0 unspecified atom stereocenters. The first-order valence-corrected chi connectivity index (χ1v) is 3.78. The van der Waals surface area contributed by atoms with Crippen LogP contribution in [0.3, 0.4) is 0 Å². The molecule has 0 aliphatic rings. The first kappa shape index (κ1) is 11.0. The van der Waals surface area contributed by atoms with Crippen LogP contribution in [0.2, 0.25) is 0 Å². The lowest BCUT2D eigenvalue weighted by atomic mass is 11.5. The van der Waals surface area contributed by atoms with E-state index in [2.05, 4.69) is 12.6 Å². The Kier molecular flexibility index (Phi) is 2.46. The van der Waals surface area contributed by atoms with Crippen LogP contribution >= 0.6 is 12.6 Å². The Hall–Kier alpha value is -0.0500. The molecule has 0 aromatic heterocycles. The lowest BCUT2D eigenvalue weighted by Gasteiger charge is -2.11. The number of hydrogen-bond donors (Lipinski definition) is 0. The van der Waals surface area contributed by atoms with Crippen LogP contribution in [-0.4, -0.2) is 18.5 Å². The summed E-state index contributed by atoms with van der Waals surface area (Å²) in [5.74, 6) is 0. The predicted octanol–water partition coefficient (Wildman–Crippen LogP) is 1.67. The molecule has 0 bridgehead atoms. The molecule has 9 heteroatoms. The topological polar surface area (TPSA) is 34.1 Å². The number of rotatable bonds is 1. The molecule has 0 N–H and O–H groups in total. The van der Waals surface area contributed by atoms with Crippen LogP contribution in [0.4, 0.5) is 22.0 Å². The highest BCUT2D eigenvalue weighted by molar-refractivity contribution is 8.06. The zero-order chi connectivity index (χ0) is 9.50. The summed E-state index contributed by atoms with van der Waals surface area (Å²) >= 11 is 2.83. The molecule has 0 amide bonds. The molecule has 11 heavy (non-hydrogen) atoms. The summed E-state index contributed by atoms with van der Waals surface area (Å²) in [7, 11) is -6.53. The molecule has 0 rings (SSSR count). The smallest absolute Gasteiger partial charge is 0.212 e. The lowest BCUT2D eigenvalue weighted by molar-refractivity contribution is -0.0499. The molecule has 0 aliphatic carbocycles. The van der Waals surface area contributed by atoms with Gasteiger partial charge in [0.2, 0.25) is 0 Å². The van der Waals surface area contributed by atoms with Gasteiger partial charge < -0.3 is 0 Å². The molecule has 0 aliphatic heterocycles. The van der Waals surface area contributed by atoms with E-state index in [1.165, 1.54) is 0 Å². The summed E-state index contributed by atoms with van der Waals surface area (Å²) in [6.07, 6.45) is 0. The average molecular weight is 215 g/mol. The summed E-state index contributed by atoms with van der Waals surface area (Å²) < 4.78 is 70.8. The molecule has 0 aromatic rings. The monoisotopic (exact) mass is 215 g/mol. The fraction of sp³-hybridized carbons (Fsp3) is 1.00. The molecule has 0 aromatic carbocycles. The summed E-state index contributed by atoms with van der Waals surface area (Å²) in [6.45, 7) is 0. The molecule has 0 spiro atoms. The normalized spacial score (nSPS) is 15.1. The third kappa shape index (κ3) is 1.95. The highest BCUT2D eigenvalue weighted by atomic mass is 32.2. The largest absolute Gasteiger partial charge is 0.504 e. The third-order valence-corrected chi connectivity index (χ3v) is 2.51. The van der Waals surface area contributed by atoms with Crippen molar-refractivity contribution in [3.05, 3.63) is 0 Å². The van der Waals surface area contributed by atoms with Crippen LogP contribution in [0, 0.1) is 0 Å². The Morgan fingerprint density at radius 1 is 1.00 bits per heavy atom. The minimum atomic E-state index is -6.53. The molecule has 0 fully saturated rings. The number of sulfone groups is 1. The Morgan fingerprint density at radius 2 is 1.27 bits per heavy atom. The summed E-state index contributed by atoms with van der Waals surface area (Å²) in [4.78, 5) is 0. The van der Waals surface area contributed by atoms with E-state index >= 15 is 0 Å². The SMILES string of the molecule is O=S(=O)(C(F)(F)F)C(F)(F)[S]. The van der Waals surface area contributed by atoms with Gasteiger partial charge in [-0.2, -0.15) is 22.0 Å². The van der Waals surface area contributed by atoms with E-state index in [0.29, 0.717) is 0 Å². The summed E-state index contributed by atoms with van der Waals surface area (Å²) in [5.41, 5.74) is -6.00. The summed E-state index contributed by atoms with van der Waals surface area (Å²) in [6, 6.07) is 0. The van der Waals surface area contributed by atoms with Gasteiger partial charge in [-0.25, -0.2) is 8.42 Å². The second-order valence-electron chi connectivity index (χ2n) is 1.41. The standard InChI is InChI=1S/C2F5O2S2/c3-1(4,5)11(8,9)2(6,7)10. The Labute approximate surface area is 63.7 Å². The number of hydrogen-bond acceptors (Lipinski definition) is 2. The molecule has 0 saturated carbocycles. The quantitative estimate of drug-likeness (QED) is 0.623. The van der Waals surface area contributed by atoms with E-state index in [-0.39, 0.29) is 0 Å². The van der Waals surface area contributed by atoms with Gasteiger partial charge in [-0.1, -0.05) is 0 Å². The molecule has 0 atom stereocenters. The van der Waals surface area contributed by atoms with Gasteiger partial charge in [-0.15, -0.1) is 0 Å². The third-order valence-electron chi connectivity index (χ3n) is 0.618. The highest BCUT2D eigenvalue weighted by Crippen LogP contribution is 2.37. The van der Waals surface area contributed by atoms with E-state index in [9.17, 15) is 30.4 Å². The number of alkyl halides is 5. The van der Waals surface area contributed by atoms with Gasteiger partial charge in [-0.05, 0) is 0 Å². The fourth-order valence-electron chi connectivity index (χ4n) is 0.135. The van der Waals surface area contributed by atoms with Gasteiger partial charge in [0, 0.05) is 12.6 Å². The van der Waals surface area contributed by atoms with Gasteiger partial charge in [0.1, 0.15) is 0 Å². The molecule has 0 saturated heterocycles. The van der Waals surface area contributed by atoms with Crippen molar-refractivity contribution in [1.29, 1.82) is 0 Å². The first-order valence-electron chi connectivity index (χ1n) is 1.89. The van der Waals surface area contributed by atoms with Crippen molar-refractivity contribution in [2.45, 2.75) is 10.1 Å². The molecule has 0 heterocycles. The first-order chi connectivity index (χ1) is 4.50. The fourth-order valence-corrected chi connectivity index (χ4v) is 0.688. The molecule has 67 valence electrons. The molecular formula is C2F5O2S2. The van der Waals surface area contributed by atoms with Gasteiger partial charge in [0.15, 0.2) is 0 Å². The van der Waals surface area contributed by atoms with Gasteiger partial charge in [0.05, 0.1) is 0 Å². The minimum absolute atomic E-state index is 2.83. The zero-order valence-corrected chi connectivity index (χ0v) is 6.16. The maximum Gasteiger partial charge on any atom is 0.504 e. The van der Waals surface area contributed by atoms with Gasteiger partial charge >= 0.3 is 19.9 Å². The summed E-state index contributed by atoms with van der Waals surface area (Å²) in [5, 5.41) is 0. The second-order valence-corrected chi connectivity index (χ2v) is 4.17. The van der Waals surface area contributed by atoms with Crippen LogP contribution in [0.1, 0.15) is 0 Å². The Balaban J connectivity index is 5.11. The van der Waals surface area contributed by atoms with Crippen molar-refractivity contribution >= 4 is 22.5 Å². The van der Waals surface area contributed by atoms with Gasteiger partial charge in [0.25, 0.3) is 0 Å². The maximum atomic E-state index is 11.5. The second kappa shape index (κ2) is 2.47. The lowest BCUT2D eigenvalue weighted by Crippen LogP contribution is -2.35. The van der Waals surface area contributed by atoms with Crippen molar-refractivity contribution in [2.24, 2.45) is 0 Å². The van der Waals surface area contributed by atoms with E-state index in [1.807, 2.05) is 0 Å². The van der Waals surface area contributed by atoms with Crippen LogP contribution in [0.25, 0.3) is 0 Å². The van der Waals surface area contributed by atoms with Crippen LogP contribution in [0.15, 0.2) is 0 Å². The average Bonchev–Trinajstić information content (AvgIpc) is 1.58. The van der Waals surface area contributed by atoms with E-state index in [4.69, 9.17) is 0 Å². The van der Waals surface area contributed by atoms with Crippen LogP contribution in [-0.2, 0) is 9.84 Å². The van der Waals surface area contributed by atoms with E-state index in [0.717, 1.165) is 0 Å².